The Hall–Kier alpha value is -1.58. The summed E-state index contributed by atoms with van der Waals surface area (Å²) in [5, 5.41) is 9.01. The summed E-state index contributed by atoms with van der Waals surface area (Å²) in [6.45, 7) is 0. The Bertz CT molecular complexity index is 572. The summed E-state index contributed by atoms with van der Waals surface area (Å²) in [4.78, 5) is 12.0. The van der Waals surface area contributed by atoms with Gasteiger partial charge in [0.15, 0.2) is 0 Å². The van der Waals surface area contributed by atoms with Crippen molar-refractivity contribution in [3.63, 3.8) is 0 Å². The van der Waals surface area contributed by atoms with Crippen LogP contribution in [0.2, 0.25) is 4.34 Å². The Kier molecular flexibility index (Phi) is 3.61. The van der Waals surface area contributed by atoms with Crippen molar-refractivity contribution in [2.45, 2.75) is 0 Å². The zero-order valence-corrected chi connectivity index (χ0v) is 10.3. The van der Waals surface area contributed by atoms with E-state index in [1.165, 1.54) is 11.3 Å². The summed E-state index contributed by atoms with van der Waals surface area (Å²) in [6.07, 6.45) is 3.64. The van der Waals surface area contributed by atoms with Crippen molar-refractivity contribution in [1.82, 2.24) is 0 Å². The van der Waals surface area contributed by atoms with E-state index in [0.717, 1.165) is 9.21 Å². The molecule has 0 aliphatic rings. The second kappa shape index (κ2) is 5.17. The van der Waals surface area contributed by atoms with E-state index in [1.54, 1.807) is 24.3 Å². The summed E-state index contributed by atoms with van der Waals surface area (Å²) in [5.41, 5.74) is 0.982. The molecule has 0 bridgehead atoms. The second-order valence-corrected chi connectivity index (χ2v) is 5.11. The average molecular weight is 265 g/mol. The quantitative estimate of drug-likeness (QED) is 0.899. The van der Waals surface area contributed by atoms with Gasteiger partial charge in [0, 0.05) is 4.88 Å². The first-order valence-corrected chi connectivity index (χ1v) is 6.12. The van der Waals surface area contributed by atoms with Crippen LogP contribution in [0.3, 0.4) is 0 Å². The van der Waals surface area contributed by atoms with Gasteiger partial charge in [0.2, 0.25) is 0 Å². The fraction of sp³-hybridized carbons (Fsp3) is 0. The molecule has 0 atom stereocenters. The van der Waals surface area contributed by atoms with Gasteiger partial charge in [-0.3, -0.25) is 0 Å². The molecule has 86 valence electrons. The summed E-state index contributed by atoms with van der Waals surface area (Å²) in [6, 6.07) is 10.6. The maximum Gasteiger partial charge on any atom is 0.336 e. The van der Waals surface area contributed by atoms with Gasteiger partial charge < -0.3 is 5.11 Å². The first kappa shape index (κ1) is 11.9. The molecule has 0 spiro atoms. The number of halogens is 1. The molecule has 0 aliphatic carbocycles. The van der Waals surface area contributed by atoms with Crippen LogP contribution < -0.4 is 0 Å². The van der Waals surface area contributed by atoms with E-state index in [2.05, 4.69) is 0 Å². The van der Waals surface area contributed by atoms with Crippen LogP contribution in [0.15, 0.2) is 36.4 Å². The number of carboxylic acid groups (broad SMARTS) is 1. The number of benzene rings is 1. The van der Waals surface area contributed by atoms with Crippen LogP contribution in [0.25, 0.3) is 12.2 Å². The van der Waals surface area contributed by atoms with Gasteiger partial charge >= 0.3 is 5.97 Å². The van der Waals surface area contributed by atoms with Crippen LogP contribution in [0.5, 0.6) is 0 Å². The summed E-state index contributed by atoms with van der Waals surface area (Å²) in [7, 11) is 0. The van der Waals surface area contributed by atoms with Gasteiger partial charge in [-0.1, -0.05) is 35.9 Å². The Morgan fingerprint density at radius 3 is 2.59 bits per heavy atom. The van der Waals surface area contributed by atoms with Gasteiger partial charge in [-0.25, -0.2) is 4.79 Å². The molecule has 2 nitrogen and oxygen atoms in total. The van der Waals surface area contributed by atoms with Crippen molar-refractivity contribution >= 4 is 41.1 Å². The molecule has 2 rings (SSSR count). The fourth-order valence-electron chi connectivity index (χ4n) is 1.43. The minimum atomic E-state index is -0.922. The van der Waals surface area contributed by atoms with Crippen molar-refractivity contribution in [2.75, 3.05) is 0 Å². The standard InChI is InChI=1S/C13H9ClO2S/c14-12-8-7-10(17-12)6-5-9-3-1-2-4-11(9)13(15)16/h1-8H,(H,15,16)/b6-5+. The van der Waals surface area contributed by atoms with Gasteiger partial charge in [-0.05, 0) is 29.8 Å². The third kappa shape index (κ3) is 2.96. The van der Waals surface area contributed by atoms with E-state index in [-0.39, 0.29) is 0 Å². The summed E-state index contributed by atoms with van der Waals surface area (Å²) < 4.78 is 0.719. The van der Waals surface area contributed by atoms with E-state index in [1.807, 2.05) is 24.3 Å². The number of carboxylic acids is 1. The molecule has 0 aliphatic heterocycles. The van der Waals surface area contributed by atoms with Crippen LogP contribution >= 0.6 is 22.9 Å². The first-order valence-electron chi connectivity index (χ1n) is 4.92. The predicted octanol–water partition coefficient (Wildman–Crippen LogP) is 4.27. The largest absolute Gasteiger partial charge is 0.478 e. The number of hydrogen-bond acceptors (Lipinski definition) is 2. The molecule has 1 N–H and O–H groups in total. The van der Waals surface area contributed by atoms with Crippen molar-refractivity contribution in [3.05, 3.63) is 56.7 Å². The molecular weight excluding hydrogens is 256 g/mol. The Morgan fingerprint density at radius 2 is 1.94 bits per heavy atom. The van der Waals surface area contributed by atoms with Crippen LogP contribution in [0, 0.1) is 0 Å². The monoisotopic (exact) mass is 264 g/mol. The number of carbonyl (C=O) groups is 1. The molecule has 4 heteroatoms. The van der Waals surface area contributed by atoms with Gasteiger partial charge in [-0.2, -0.15) is 0 Å². The molecular formula is C13H9ClO2S. The highest BCUT2D eigenvalue weighted by Crippen LogP contribution is 2.23. The lowest BCUT2D eigenvalue weighted by molar-refractivity contribution is 0.0696. The molecule has 1 aromatic heterocycles. The van der Waals surface area contributed by atoms with E-state index >= 15 is 0 Å². The molecule has 2 aromatic rings. The highest BCUT2D eigenvalue weighted by Gasteiger charge is 2.05. The Balaban J connectivity index is 2.30. The van der Waals surface area contributed by atoms with Crippen molar-refractivity contribution in [1.29, 1.82) is 0 Å². The van der Waals surface area contributed by atoms with Gasteiger partial charge in [0.25, 0.3) is 0 Å². The zero-order chi connectivity index (χ0) is 12.3. The molecule has 1 heterocycles. The molecule has 0 amide bonds. The lowest BCUT2D eigenvalue weighted by atomic mass is 10.1. The minimum Gasteiger partial charge on any atom is -0.478 e. The normalized spacial score (nSPS) is 10.9. The zero-order valence-electron chi connectivity index (χ0n) is 8.76. The van der Waals surface area contributed by atoms with E-state index in [0.29, 0.717) is 11.1 Å². The lowest BCUT2D eigenvalue weighted by Crippen LogP contribution is -1.98. The molecule has 0 saturated heterocycles. The molecule has 0 radical (unpaired) electrons. The Morgan fingerprint density at radius 1 is 1.18 bits per heavy atom. The third-order valence-corrected chi connectivity index (χ3v) is 3.41. The van der Waals surface area contributed by atoms with Crippen LogP contribution in [0.1, 0.15) is 20.8 Å². The van der Waals surface area contributed by atoms with Gasteiger partial charge in [0.1, 0.15) is 0 Å². The van der Waals surface area contributed by atoms with Crippen LogP contribution in [0.4, 0.5) is 0 Å². The average Bonchev–Trinajstić information content (AvgIpc) is 2.73. The van der Waals surface area contributed by atoms with Crippen molar-refractivity contribution in [2.24, 2.45) is 0 Å². The molecule has 17 heavy (non-hydrogen) atoms. The molecule has 1 aromatic carbocycles. The van der Waals surface area contributed by atoms with Crippen molar-refractivity contribution < 1.29 is 9.90 Å². The van der Waals surface area contributed by atoms with E-state index < -0.39 is 5.97 Å². The Labute approximate surface area is 108 Å². The topological polar surface area (TPSA) is 37.3 Å². The number of thiophene rings is 1. The number of aromatic carboxylic acids is 1. The first-order chi connectivity index (χ1) is 8.16. The van der Waals surface area contributed by atoms with Crippen LogP contribution in [-0.2, 0) is 0 Å². The molecule has 0 saturated carbocycles. The molecule has 0 unspecified atom stereocenters. The highest BCUT2D eigenvalue weighted by molar-refractivity contribution is 7.17. The minimum absolute atomic E-state index is 0.298. The number of hydrogen-bond donors (Lipinski definition) is 1. The molecule has 0 fully saturated rings. The summed E-state index contributed by atoms with van der Waals surface area (Å²) in [5.74, 6) is -0.922. The maximum absolute atomic E-state index is 11.0. The van der Waals surface area contributed by atoms with Crippen LogP contribution in [-0.4, -0.2) is 11.1 Å². The third-order valence-electron chi connectivity index (χ3n) is 2.21. The van der Waals surface area contributed by atoms with Gasteiger partial charge in [-0.15, -0.1) is 11.3 Å². The smallest absolute Gasteiger partial charge is 0.336 e. The SMILES string of the molecule is O=C(O)c1ccccc1/C=C/c1ccc(Cl)s1. The van der Waals surface area contributed by atoms with E-state index in [9.17, 15) is 4.79 Å². The van der Waals surface area contributed by atoms with Crippen molar-refractivity contribution in [3.8, 4) is 0 Å². The fourth-order valence-corrected chi connectivity index (χ4v) is 2.39. The van der Waals surface area contributed by atoms with E-state index in [4.69, 9.17) is 16.7 Å². The van der Waals surface area contributed by atoms with Gasteiger partial charge in [0.05, 0.1) is 9.90 Å². The summed E-state index contributed by atoms with van der Waals surface area (Å²) >= 11 is 7.27. The second-order valence-electron chi connectivity index (χ2n) is 3.37. The lowest BCUT2D eigenvalue weighted by Gasteiger charge is -1.99. The highest BCUT2D eigenvalue weighted by atomic mass is 35.5. The number of rotatable bonds is 3. The maximum atomic E-state index is 11.0. The predicted molar refractivity (Wildman–Crippen MR) is 71.7 cm³/mol.